The number of rotatable bonds is 6. The number of hydrogen-bond acceptors (Lipinski definition) is 7. The topological polar surface area (TPSA) is 106 Å². The molecule has 9 heteroatoms. The second-order valence-corrected chi connectivity index (χ2v) is 8.31. The van der Waals surface area contributed by atoms with E-state index < -0.39 is 17.8 Å². The van der Waals surface area contributed by atoms with Gasteiger partial charge in [0, 0.05) is 4.88 Å². The highest BCUT2D eigenvalue weighted by Gasteiger charge is 2.30. The third-order valence-electron chi connectivity index (χ3n) is 4.90. The molecule has 2 amide bonds. The molecule has 1 aromatic heterocycles. The van der Waals surface area contributed by atoms with Gasteiger partial charge in [-0.25, -0.2) is 10.2 Å². The summed E-state index contributed by atoms with van der Waals surface area (Å²) in [6, 6.07) is 7.08. The molecule has 0 bridgehead atoms. The number of nitrogens with one attached hydrogen (secondary N) is 2. The second kappa shape index (κ2) is 10.2. The van der Waals surface area contributed by atoms with Crippen molar-refractivity contribution >= 4 is 40.3 Å². The highest BCUT2D eigenvalue weighted by Crippen LogP contribution is 2.40. The van der Waals surface area contributed by atoms with E-state index >= 15 is 0 Å². The molecule has 1 heterocycles. The third kappa shape index (κ3) is 5.49. The molecule has 3 rings (SSSR count). The highest BCUT2D eigenvalue weighted by molar-refractivity contribution is 7.17. The predicted octanol–water partition coefficient (Wildman–Crippen LogP) is 3.15. The number of anilines is 1. The van der Waals surface area contributed by atoms with E-state index in [1.165, 1.54) is 17.6 Å². The monoisotopic (exact) mass is 443 g/mol. The minimum Gasteiger partial charge on any atom is -0.497 e. The molecular weight excluding hydrogens is 418 g/mol. The third-order valence-corrected chi connectivity index (χ3v) is 6.07. The van der Waals surface area contributed by atoms with Crippen molar-refractivity contribution in [3.05, 3.63) is 45.8 Å². The van der Waals surface area contributed by atoms with Crippen molar-refractivity contribution in [1.29, 1.82) is 0 Å². The number of benzene rings is 1. The number of methoxy groups -OCH3 is 1. The number of carbonyl (C=O) groups excluding carboxylic acids is 3. The van der Waals surface area contributed by atoms with E-state index in [1.807, 2.05) is 0 Å². The summed E-state index contributed by atoms with van der Waals surface area (Å²) >= 11 is 1.33. The van der Waals surface area contributed by atoms with Gasteiger partial charge < -0.3 is 14.8 Å². The number of hydrogen-bond donors (Lipinski definition) is 2. The predicted molar refractivity (Wildman–Crippen MR) is 119 cm³/mol. The van der Waals surface area contributed by atoms with Crippen molar-refractivity contribution in [2.45, 2.75) is 33.1 Å². The molecule has 31 heavy (non-hydrogen) atoms. The van der Waals surface area contributed by atoms with Crippen molar-refractivity contribution in [3.63, 3.8) is 0 Å². The molecule has 8 nitrogen and oxygen atoms in total. The Morgan fingerprint density at radius 1 is 1.29 bits per heavy atom. The quantitative estimate of drug-likeness (QED) is 0.309. The molecule has 0 fully saturated rings. The van der Waals surface area contributed by atoms with E-state index in [9.17, 15) is 14.4 Å². The lowest BCUT2D eigenvalue weighted by Crippen LogP contribution is -2.32. The summed E-state index contributed by atoms with van der Waals surface area (Å²) < 4.78 is 10.3. The summed E-state index contributed by atoms with van der Waals surface area (Å²) in [6.07, 6.45) is 3.94. The van der Waals surface area contributed by atoms with Crippen LogP contribution in [0.4, 0.5) is 5.00 Å². The van der Waals surface area contributed by atoms with Gasteiger partial charge in [0.1, 0.15) is 10.8 Å². The maximum absolute atomic E-state index is 12.5. The first-order chi connectivity index (χ1) is 14.9. The molecule has 0 saturated carbocycles. The Morgan fingerprint density at radius 2 is 2.10 bits per heavy atom. The van der Waals surface area contributed by atoms with E-state index in [-0.39, 0.29) is 6.61 Å². The lowest BCUT2D eigenvalue weighted by molar-refractivity contribution is -0.136. The van der Waals surface area contributed by atoms with Crippen molar-refractivity contribution in [1.82, 2.24) is 5.43 Å². The lowest BCUT2D eigenvalue weighted by atomic mass is 9.88. The molecule has 0 saturated heterocycles. The fourth-order valence-electron chi connectivity index (χ4n) is 3.36. The average molecular weight is 444 g/mol. The fraction of sp³-hybridized carbons (Fsp3) is 0.364. The van der Waals surface area contributed by atoms with Gasteiger partial charge in [-0.15, -0.1) is 11.3 Å². The lowest BCUT2D eigenvalue weighted by Gasteiger charge is -2.18. The molecule has 1 aromatic carbocycles. The molecule has 0 spiro atoms. The Hall–Kier alpha value is -3.20. The Bertz CT molecular complexity index is 1010. The summed E-state index contributed by atoms with van der Waals surface area (Å²) in [6.45, 7) is 4.11. The Morgan fingerprint density at radius 3 is 2.84 bits per heavy atom. The van der Waals surface area contributed by atoms with Gasteiger partial charge in [-0.3, -0.25) is 9.59 Å². The molecule has 1 aliphatic rings. The number of thiophene rings is 1. The maximum atomic E-state index is 12.5. The largest absolute Gasteiger partial charge is 0.497 e. The Balaban J connectivity index is 1.71. The summed E-state index contributed by atoms with van der Waals surface area (Å²) in [5, 5.41) is 6.72. The fourth-order valence-corrected chi connectivity index (χ4v) is 4.75. The Labute approximate surface area is 184 Å². The minimum absolute atomic E-state index is 0.229. The van der Waals surface area contributed by atoms with Gasteiger partial charge in [0.15, 0.2) is 0 Å². The zero-order valence-electron chi connectivity index (χ0n) is 17.7. The van der Waals surface area contributed by atoms with E-state index in [0.29, 0.717) is 27.8 Å². The van der Waals surface area contributed by atoms with Gasteiger partial charge in [-0.2, -0.15) is 5.10 Å². The van der Waals surface area contributed by atoms with Crippen molar-refractivity contribution in [2.75, 3.05) is 19.0 Å². The van der Waals surface area contributed by atoms with Gasteiger partial charge in [0.2, 0.25) is 0 Å². The number of esters is 1. The Kier molecular flexibility index (Phi) is 7.41. The molecule has 2 aromatic rings. The summed E-state index contributed by atoms with van der Waals surface area (Å²) in [5.74, 6) is -1.18. The summed E-state index contributed by atoms with van der Waals surface area (Å²) in [5.41, 5.74) is 4.16. The first-order valence-electron chi connectivity index (χ1n) is 10.0. The number of fused-ring (bicyclic) bond motifs is 1. The van der Waals surface area contributed by atoms with E-state index in [2.05, 4.69) is 22.8 Å². The van der Waals surface area contributed by atoms with Crippen LogP contribution in [0.2, 0.25) is 0 Å². The number of carbonyl (C=O) groups is 3. The molecule has 1 aliphatic carbocycles. The van der Waals surface area contributed by atoms with Crippen LogP contribution >= 0.6 is 11.3 Å². The van der Waals surface area contributed by atoms with Crippen LogP contribution in [0.1, 0.15) is 46.6 Å². The van der Waals surface area contributed by atoms with Crippen molar-refractivity contribution in [3.8, 4) is 5.75 Å². The van der Waals surface area contributed by atoms with E-state index in [4.69, 9.17) is 9.47 Å². The van der Waals surface area contributed by atoms with Crippen LogP contribution in [-0.2, 0) is 27.2 Å². The van der Waals surface area contributed by atoms with Gasteiger partial charge in [-0.1, -0.05) is 19.1 Å². The minimum atomic E-state index is -0.936. The van der Waals surface area contributed by atoms with Crippen LogP contribution in [0, 0.1) is 5.92 Å². The van der Waals surface area contributed by atoms with Crippen LogP contribution in [0.5, 0.6) is 5.75 Å². The molecule has 0 aliphatic heterocycles. The van der Waals surface area contributed by atoms with Crippen LogP contribution in [0.25, 0.3) is 0 Å². The molecular formula is C22H25N3O5S. The highest BCUT2D eigenvalue weighted by atomic mass is 32.1. The zero-order valence-corrected chi connectivity index (χ0v) is 18.5. The van der Waals surface area contributed by atoms with E-state index in [1.54, 1.807) is 38.3 Å². The zero-order chi connectivity index (χ0) is 22.4. The summed E-state index contributed by atoms with van der Waals surface area (Å²) in [7, 11) is 1.55. The number of amides is 2. The normalized spacial score (nSPS) is 15.3. The van der Waals surface area contributed by atoms with Crippen LogP contribution in [-0.4, -0.2) is 37.7 Å². The molecule has 1 atom stereocenters. The standard InChI is InChI=1S/C22H25N3O5S/c1-4-30-22(28)18-16-9-8-13(2)10-17(16)31-21(18)24-19(26)20(27)25-23-12-14-6-5-7-15(11-14)29-3/h5-7,11-13H,4,8-10H2,1-3H3,(H,24,26)(H,25,27)/b23-12-/t13-/m0/s1. The maximum Gasteiger partial charge on any atom is 0.341 e. The molecule has 2 N–H and O–H groups in total. The molecule has 0 radical (unpaired) electrons. The van der Waals surface area contributed by atoms with Gasteiger partial charge >= 0.3 is 17.8 Å². The molecule has 164 valence electrons. The van der Waals surface area contributed by atoms with Crippen molar-refractivity contribution < 1.29 is 23.9 Å². The number of ether oxygens (including phenoxy) is 2. The van der Waals surface area contributed by atoms with Gasteiger partial charge in [-0.05, 0) is 55.4 Å². The van der Waals surface area contributed by atoms with Gasteiger partial charge in [0.05, 0.1) is 25.5 Å². The smallest absolute Gasteiger partial charge is 0.341 e. The first kappa shape index (κ1) is 22.5. The second-order valence-electron chi connectivity index (χ2n) is 7.21. The van der Waals surface area contributed by atoms with Gasteiger partial charge in [0.25, 0.3) is 0 Å². The SMILES string of the molecule is CCOC(=O)c1c(NC(=O)C(=O)N/N=C\c2cccc(OC)c2)sc2c1CC[C@H](C)C2. The van der Waals surface area contributed by atoms with Crippen LogP contribution in [0.3, 0.4) is 0 Å². The number of hydrazone groups is 1. The molecule has 0 unspecified atom stereocenters. The average Bonchev–Trinajstić information content (AvgIpc) is 3.10. The van der Waals surface area contributed by atoms with E-state index in [0.717, 1.165) is 29.7 Å². The van der Waals surface area contributed by atoms with Crippen LogP contribution in [0.15, 0.2) is 29.4 Å². The first-order valence-corrected chi connectivity index (χ1v) is 10.8. The van der Waals surface area contributed by atoms with Crippen molar-refractivity contribution in [2.24, 2.45) is 11.0 Å². The summed E-state index contributed by atoms with van der Waals surface area (Å²) in [4.78, 5) is 38.2. The number of nitrogens with zero attached hydrogens (tertiary/aromatic N) is 1. The van der Waals surface area contributed by atoms with Crippen LogP contribution < -0.4 is 15.5 Å².